The Morgan fingerprint density at radius 1 is 0.882 bits per heavy atom. The number of aromatic carboxylic acids is 1. The van der Waals surface area contributed by atoms with Crippen LogP contribution in [0.1, 0.15) is 32.6 Å². The van der Waals surface area contributed by atoms with Crippen LogP contribution in [0.15, 0.2) is 60.7 Å². The van der Waals surface area contributed by atoms with Gasteiger partial charge in [-0.25, -0.2) is 4.79 Å². The predicted octanol–water partition coefficient (Wildman–Crippen LogP) is 5.40. The number of ether oxygens (including phenoxy) is 1. The fourth-order valence-electron chi connectivity index (χ4n) is 3.03. The van der Waals surface area contributed by atoms with Crippen LogP contribution < -0.4 is 25.9 Å². The molecule has 0 bridgehead atoms. The molecule has 3 aromatic rings. The zero-order valence-electron chi connectivity index (χ0n) is 18.3. The van der Waals surface area contributed by atoms with Gasteiger partial charge in [-0.15, -0.1) is 0 Å². The van der Waals surface area contributed by atoms with E-state index in [1.807, 2.05) is 18.2 Å². The molecule has 0 fully saturated rings. The van der Waals surface area contributed by atoms with E-state index in [1.54, 1.807) is 18.2 Å². The van der Waals surface area contributed by atoms with Crippen molar-refractivity contribution in [3.8, 4) is 5.75 Å². The van der Waals surface area contributed by atoms with Crippen LogP contribution in [0.25, 0.3) is 0 Å². The minimum atomic E-state index is -10.7. The maximum absolute atomic E-state index is 11.3. The van der Waals surface area contributed by atoms with E-state index in [-0.39, 0.29) is 33.4 Å². The van der Waals surface area contributed by atoms with Crippen LogP contribution in [0.4, 0.5) is 25.2 Å². The van der Waals surface area contributed by atoms with Crippen molar-refractivity contribution >= 4 is 13.8 Å². The van der Waals surface area contributed by atoms with Gasteiger partial charge in [0.05, 0.1) is 5.56 Å². The monoisotopic (exact) mass is 618 g/mol. The summed E-state index contributed by atoms with van der Waals surface area (Å²) in [6, 6.07) is 19.6. The summed E-state index contributed by atoms with van der Waals surface area (Å²) in [5.41, 5.74) is 5.00. The molecule has 0 aromatic heterocycles. The van der Waals surface area contributed by atoms with Gasteiger partial charge in [-0.3, -0.25) is 0 Å². The molecule has 0 saturated heterocycles. The molecule has 0 radical (unpaired) electrons. The molecule has 0 atom stereocenters. The molecule has 3 nitrogen and oxygen atoms in total. The second-order valence-corrected chi connectivity index (χ2v) is 12.3. The maximum atomic E-state index is 11.3. The molecule has 186 valence electrons. The molecule has 0 aliphatic rings. The van der Waals surface area contributed by atoms with Gasteiger partial charge < -0.3 is 9.84 Å². The van der Waals surface area contributed by atoms with Crippen LogP contribution in [-0.4, -0.2) is 11.1 Å². The van der Waals surface area contributed by atoms with Crippen LogP contribution >= 0.6 is 7.81 Å². The molecule has 1 N–H and O–H groups in total. The molecule has 0 heterocycles. The van der Waals surface area contributed by atoms with Crippen LogP contribution in [0.5, 0.6) is 5.75 Å². The minimum absolute atomic E-state index is 0.242. The summed E-state index contributed by atoms with van der Waals surface area (Å²) in [7, 11) is -10.7. The van der Waals surface area contributed by atoms with E-state index in [9.17, 15) is 35.1 Å². The van der Waals surface area contributed by atoms with Crippen LogP contribution in [0.3, 0.4) is 0 Å². The number of carbonyl (C=O) groups is 1. The number of carboxylic acid groups (broad SMARTS) is 1. The number of benzene rings is 3. The van der Waals surface area contributed by atoms with Gasteiger partial charge in [-0.1, -0.05) is 35.9 Å². The summed E-state index contributed by atoms with van der Waals surface area (Å²) < 4.78 is 67.8. The van der Waals surface area contributed by atoms with E-state index in [0.717, 1.165) is 5.75 Å². The summed E-state index contributed by atoms with van der Waals surface area (Å²) in [6.07, 6.45) is 0. The number of hydrogen-bond acceptors (Lipinski definition) is 2. The number of rotatable bonds is 6. The van der Waals surface area contributed by atoms with Gasteiger partial charge in [0.1, 0.15) is 12.4 Å². The van der Waals surface area contributed by atoms with E-state index >= 15 is 0 Å². The first kappa shape index (κ1) is 27.9. The van der Waals surface area contributed by atoms with Gasteiger partial charge in [0.15, 0.2) is 7.14 Å². The standard InChI is InChI=1S/C23H21IO3.F6P/c1-15-12-16(2)22(17(3)13-15)24-19-8-10-20(11-9-19)27-14-18-6-4-5-7-21(18)23(25)26;1-7(2,3,4,5)6/h4-13H,14H2,1-3H3;/q;-1/p+1. The molecule has 34 heavy (non-hydrogen) atoms. The molecule has 0 saturated carbocycles. The Hall–Kier alpha value is -2.33. The van der Waals surface area contributed by atoms with E-state index < -0.39 is 13.8 Å². The Morgan fingerprint density at radius 3 is 1.88 bits per heavy atom. The molecule has 0 aliphatic heterocycles. The first-order chi connectivity index (χ1) is 15.4. The van der Waals surface area contributed by atoms with Gasteiger partial charge >= 0.3 is 60.2 Å². The van der Waals surface area contributed by atoms with Gasteiger partial charge in [0, 0.05) is 16.7 Å². The average molecular weight is 618 g/mol. The molecule has 11 heteroatoms. The van der Waals surface area contributed by atoms with Crippen molar-refractivity contribution in [2.75, 3.05) is 0 Å². The van der Waals surface area contributed by atoms with Crippen molar-refractivity contribution in [2.45, 2.75) is 27.4 Å². The molecular formula is C23H22F6IO3P. The van der Waals surface area contributed by atoms with Crippen molar-refractivity contribution in [2.24, 2.45) is 0 Å². The first-order valence-corrected chi connectivity index (χ1v) is 13.9. The van der Waals surface area contributed by atoms with Crippen molar-refractivity contribution in [1.82, 2.24) is 0 Å². The summed E-state index contributed by atoms with van der Waals surface area (Å²) in [6.45, 7) is 6.75. The molecule has 0 spiro atoms. The SMILES string of the molecule is Cc1cc(C)c([I+]c2ccc(OCc3ccccc3C(=O)O)cc2)c(C)c1.F[P-](F)(F)(F)(F)F. The van der Waals surface area contributed by atoms with Crippen LogP contribution in [0, 0.1) is 27.9 Å². The molecular weight excluding hydrogens is 596 g/mol. The summed E-state index contributed by atoms with van der Waals surface area (Å²) in [4.78, 5) is 11.3. The number of carboxylic acids is 1. The van der Waals surface area contributed by atoms with E-state index in [4.69, 9.17) is 4.74 Å². The summed E-state index contributed by atoms with van der Waals surface area (Å²) in [5, 5.41) is 9.25. The fourth-order valence-corrected chi connectivity index (χ4v) is 5.53. The predicted molar refractivity (Wildman–Crippen MR) is 116 cm³/mol. The third-order valence-electron chi connectivity index (χ3n) is 4.24. The van der Waals surface area contributed by atoms with E-state index in [0.29, 0.717) is 5.56 Å². The molecule has 3 rings (SSSR count). The Bertz CT molecular complexity index is 1150. The normalized spacial score (nSPS) is 13.2. The second kappa shape index (κ2) is 9.73. The zero-order valence-corrected chi connectivity index (χ0v) is 21.4. The fraction of sp³-hybridized carbons (Fsp3) is 0.174. The Kier molecular flexibility index (Phi) is 7.99. The van der Waals surface area contributed by atoms with E-state index in [2.05, 4.69) is 45.0 Å². The van der Waals surface area contributed by atoms with E-state index in [1.165, 1.54) is 23.8 Å². The van der Waals surface area contributed by atoms with Crippen LogP contribution in [0.2, 0.25) is 0 Å². The number of aryl methyl sites for hydroxylation is 3. The van der Waals surface area contributed by atoms with Crippen molar-refractivity contribution in [3.63, 3.8) is 0 Å². The quantitative estimate of drug-likeness (QED) is 0.229. The van der Waals surface area contributed by atoms with Crippen molar-refractivity contribution in [3.05, 3.63) is 95.6 Å². The summed E-state index contributed by atoms with van der Waals surface area (Å²) in [5.74, 6) is -0.182. The van der Waals surface area contributed by atoms with Crippen LogP contribution in [-0.2, 0) is 6.61 Å². The van der Waals surface area contributed by atoms with Crippen molar-refractivity contribution < 1.29 is 61.0 Å². The Morgan fingerprint density at radius 2 is 1.38 bits per heavy atom. The second-order valence-electron chi connectivity index (χ2n) is 7.47. The Balaban J connectivity index is 0.000000509. The number of halogens is 7. The molecule has 0 unspecified atom stereocenters. The Labute approximate surface area is 203 Å². The topological polar surface area (TPSA) is 46.5 Å². The molecule has 3 aromatic carbocycles. The van der Waals surface area contributed by atoms with Gasteiger partial charge in [0.25, 0.3) is 0 Å². The summed E-state index contributed by atoms with van der Waals surface area (Å²) >= 11 is -0.242. The number of hydrogen-bond donors (Lipinski definition) is 1. The zero-order chi connectivity index (χ0) is 25.8. The third-order valence-corrected chi connectivity index (χ3v) is 7.82. The van der Waals surface area contributed by atoms with Gasteiger partial charge in [-0.05, 0) is 51.1 Å². The third kappa shape index (κ3) is 10.7. The average Bonchev–Trinajstić information content (AvgIpc) is 2.68. The van der Waals surface area contributed by atoms with Crippen molar-refractivity contribution in [1.29, 1.82) is 0 Å². The molecule has 0 aliphatic carbocycles. The first-order valence-electron chi connectivity index (χ1n) is 9.72. The van der Waals surface area contributed by atoms with Gasteiger partial charge in [0.2, 0.25) is 0 Å². The molecule has 0 amide bonds. The van der Waals surface area contributed by atoms with Gasteiger partial charge in [-0.2, -0.15) is 0 Å².